The van der Waals surface area contributed by atoms with Crippen LogP contribution >= 0.6 is 0 Å². The molecule has 4 rings (SSSR count). The molecular weight excluding hydrogens is 382 g/mol. The van der Waals surface area contributed by atoms with Crippen molar-refractivity contribution in [3.63, 3.8) is 0 Å². The zero-order valence-electron chi connectivity index (χ0n) is 17.6. The van der Waals surface area contributed by atoms with E-state index in [2.05, 4.69) is 5.32 Å². The topological polar surface area (TPSA) is 79.0 Å². The summed E-state index contributed by atoms with van der Waals surface area (Å²) in [6.07, 6.45) is 3.47. The molecule has 1 unspecified atom stereocenters. The number of nitrogens with zero attached hydrogens (tertiary/aromatic N) is 2. The highest BCUT2D eigenvalue weighted by Crippen LogP contribution is 2.33. The summed E-state index contributed by atoms with van der Waals surface area (Å²) in [4.78, 5) is 42.4. The number of likely N-dealkylation sites (tertiary alicyclic amines) is 1. The minimum Gasteiger partial charge on any atom is -0.378 e. The van der Waals surface area contributed by atoms with Gasteiger partial charge in [-0.2, -0.15) is 0 Å². The molecule has 7 nitrogen and oxygen atoms in total. The van der Waals surface area contributed by atoms with Crippen molar-refractivity contribution in [1.82, 2.24) is 15.1 Å². The molecule has 7 heteroatoms. The van der Waals surface area contributed by atoms with Gasteiger partial charge < -0.3 is 19.9 Å². The number of hydrogen-bond acceptors (Lipinski definition) is 4. The summed E-state index contributed by atoms with van der Waals surface area (Å²) in [5.41, 5.74) is 1.57. The fraction of sp³-hybridized carbons (Fsp3) is 0.609. The average molecular weight is 414 g/mol. The first-order valence-electron chi connectivity index (χ1n) is 11.1. The Kier molecular flexibility index (Phi) is 6.37. The van der Waals surface area contributed by atoms with Gasteiger partial charge in [0.25, 0.3) is 5.91 Å². The smallest absolute Gasteiger partial charge is 0.251 e. The van der Waals surface area contributed by atoms with Gasteiger partial charge in [-0.05, 0) is 50.7 Å². The van der Waals surface area contributed by atoms with Crippen LogP contribution in [0.4, 0.5) is 0 Å². The van der Waals surface area contributed by atoms with Gasteiger partial charge in [0, 0.05) is 37.7 Å². The zero-order chi connectivity index (χ0) is 21.1. The largest absolute Gasteiger partial charge is 0.378 e. The van der Waals surface area contributed by atoms with Crippen LogP contribution in [0, 0.1) is 18.8 Å². The summed E-state index contributed by atoms with van der Waals surface area (Å²) in [7, 11) is 0. The molecule has 0 bridgehead atoms. The predicted octanol–water partition coefficient (Wildman–Crippen LogP) is 1.60. The van der Waals surface area contributed by atoms with Gasteiger partial charge in [-0.25, -0.2) is 0 Å². The number of hydrogen-bond donors (Lipinski definition) is 1. The number of benzene rings is 1. The van der Waals surface area contributed by atoms with Gasteiger partial charge in [-0.1, -0.05) is 17.7 Å². The molecule has 0 aromatic heterocycles. The van der Waals surface area contributed by atoms with E-state index in [-0.39, 0.29) is 29.6 Å². The maximum Gasteiger partial charge on any atom is 0.251 e. The average Bonchev–Trinajstić information content (AvgIpc) is 3.63. The van der Waals surface area contributed by atoms with E-state index in [9.17, 15) is 14.4 Å². The summed E-state index contributed by atoms with van der Waals surface area (Å²) in [6.45, 7) is 5.42. The monoisotopic (exact) mass is 413 g/mol. The van der Waals surface area contributed by atoms with Crippen LogP contribution in [-0.2, 0) is 14.3 Å². The molecule has 3 aliphatic rings. The Morgan fingerprint density at radius 1 is 1.00 bits per heavy atom. The van der Waals surface area contributed by atoms with E-state index < -0.39 is 6.04 Å². The molecule has 1 aliphatic carbocycles. The number of nitrogens with one attached hydrogen (secondary N) is 1. The SMILES string of the molecule is Cc1cccc(C(=O)NC(C(=O)N2CCOCC2)C2CCN(C(=O)C3CC3)CC2)c1. The number of rotatable bonds is 5. The first-order chi connectivity index (χ1) is 14.5. The standard InChI is InChI=1S/C23H31N3O4/c1-16-3-2-4-19(15-16)21(27)24-20(23(29)26-11-13-30-14-12-26)17-7-9-25(10-8-17)22(28)18-5-6-18/h2-4,15,17-18,20H,5-14H2,1H3,(H,24,27). The number of carbonyl (C=O) groups is 3. The van der Waals surface area contributed by atoms with Crippen molar-refractivity contribution >= 4 is 17.7 Å². The van der Waals surface area contributed by atoms with E-state index in [0.29, 0.717) is 45.0 Å². The molecular formula is C23H31N3O4. The Bertz CT molecular complexity index is 793. The Labute approximate surface area is 177 Å². The van der Waals surface area contributed by atoms with Gasteiger partial charge in [0.05, 0.1) is 13.2 Å². The molecule has 2 saturated heterocycles. The van der Waals surface area contributed by atoms with E-state index in [1.54, 1.807) is 11.0 Å². The lowest BCUT2D eigenvalue weighted by molar-refractivity contribution is -0.140. The molecule has 1 saturated carbocycles. The first-order valence-corrected chi connectivity index (χ1v) is 11.1. The van der Waals surface area contributed by atoms with Crippen LogP contribution in [0.3, 0.4) is 0 Å². The zero-order valence-corrected chi connectivity index (χ0v) is 17.6. The first kappa shape index (κ1) is 20.8. The van der Waals surface area contributed by atoms with E-state index in [4.69, 9.17) is 4.74 Å². The van der Waals surface area contributed by atoms with E-state index in [0.717, 1.165) is 31.2 Å². The Morgan fingerprint density at radius 2 is 1.70 bits per heavy atom. The van der Waals surface area contributed by atoms with Gasteiger partial charge in [-0.15, -0.1) is 0 Å². The number of piperidine rings is 1. The third-order valence-electron chi connectivity index (χ3n) is 6.40. The number of amides is 3. The van der Waals surface area contributed by atoms with Crippen molar-refractivity contribution in [2.45, 2.75) is 38.6 Å². The van der Waals surface area contributed by atoms with Crippen LogP contribution in [0.25, 0.3) is 0 Å². The fourth-order valence-corrected chi connectivity index (χ4v) is 4.41. The van der Waals surface area contributed by atoms with E-state index >= 15 is 0 Å². The summed E-state index contributed by atoms with van der Waals surface area (Å²) in [5, 5.41) is 3.03. The third kappa shape index (κ3) is 4.83. The highest BCUT2D eigenvalue weighted by molar-refractivity contribution is 5.97. The van der Waals surface area contributed by atoms with Crippen LogP contribution in [0.2, 0.25) is 0 Å². The van der Waals surface area contributed by atoms with Gasteiger partial charge >= 0.3 is 0 Å². The molecule has 1 aromatic carbocycles. The molecule has 2 heterocycles. The molecule has 162 valence electrons. The minimum atomic E-state index is -0.575. The molecule has 1 aromatic rings. The number of carbonyl (C=O) groups excluding carboxylic acids is 3. The second kappa shape index (κ2) is 9.16. The van der Waals surface area contributed by atoms with Crippen molar-refractivity contribution in [3.05, 3.63) is 35.4 Å². The lowest BCUT2D eigenvalue weighted by Gasteiger charge is -2.38. The number of morpholine rings is 1. The molecule has 1 N–H and O–H groups in total. The van der Waals surface area contributed by atoms with E-state index in [1.807, 2.05) is 30.0 Å². The molecule has 1 atom stereocenters. The number of ether oxygens (including phenoxy) is 1. The summed E-state index contributed by atoms with van der Waals surface area (Å²) >= 11 is 0. The second-order valence-corrected chi connectivity index (χ2v) is 8.70. The lowest BCUT2D eigenvalue weighted by atomic mass is 9.87. The van der Waals surface area contributed by atoms with Crippen LogP contribution < -0.4 is 5.32 Å². The summed E-state index contributed by atoms with van der Waals surface area (Å²) < 4.78 is 5.38. The summed E-state index contributed by atoms with van der Waals surface area (Å²) in [5.74, 6) is 0.243. The second-order valence-electron chi connectivity index (χ2n) is 8.70. The van der Waals surface area contributed by atoms with Gasteiger partial charge in [-0.3, -0.25) is 14.4 Å². The maximum atomic E-state index is 13.3. The lowest BCUT2D eigenvalue weighted by Crippen LogP contribution is -2.56. The number of aryl methyl sites for hydroxylation is 1. The van der Waals surface area contributed by atoms with Crippen molar-refractivity contribution in [3.8, 4) is 0 Å². The molecule has 2 aliphatic heterocycles. The normalized spacial score (nSPS) is 21.2. The quantitative estimate of drug-likeness (QED) is 0.795. The fourth-order valence-electron chi connectivity index (χ4n) is 4.41. The minimum absolute atomic E-state index is 0.0253. The maximum absolute atomic E-state index is 13.3. The molecule has 0 spiro atoms. The van der Waals surface area contributed by atoms with Crippen molar-refractivity contribution in [1.29, 1.82) is 0 Å². The Hall–Kier alpha value is -2.41. The van der Waals surface area contributed by atoms with Gasteiger partial charge in [0.1, 0.15) is 6.04 Å². The van der Waals surface area contributed by atoms with Crippen LogP contribution in [0.15, 0.2) is 24.3 Å². The molecule has 3 amide bonds. The molecule has 3 fully saturated rings. The van der Waals surface area contributed by atoms with Gasteiger partial charge in [0.2, 0.25) is 11.8 Å². The van der Waals surface area contributed by atoms with E-state index in [1.165, 1.54) is 0 Å². The third-order valence-corrected chi connectivity index (χ3v) is 6.40. The van der Waals surface area contributed by atoms with Crippen LogP contribution in [0.1, 0.15) is 41.6 Å². The van der Waals surface area contributed by atoms with Crippen molar-refractivity contribution < 1.29 is 19.1 Å². The molecule has 30 heavy (non-hydrogen) atoms. The highest BCUT2D eigenvalue weighted by atomic mass is 16.5. The predicted molar refractivity (Wildman–Crippen MR) is 112 cm³/mol. The summed E-state index contributed by atoms with van der Waals surface area (Å²) in [6, 6.07) is 6.83. The highest BCUT2D eigenvalue weighted by Gasteiger charge is 2.39. The van der Waals surface area contributed by atoms with Crippen molar-refractivity contribution in [2.75, 3.05) is 39.4 Å². The van der Waals surface area contributed by atoms with Crippen LogP contribution in [-0.4, -0.2) is 73.0 Å². The van der Waals surface area contributed by atoms with Crippen LogP contribution in [0.5, 0.6) is 0 Å². The van der Waals surface area contributed by atoms with Crippen molar-refractivity contribution in [2.24, 2.45) is 11.8 Å². The molecule has 0 radical (unpaired) electrons. The Balaban J connectivity index is 1.46. The Morgan fingerprint density at radius 3 is 2.33 bits per heavy atom. The van der Waals surface area contributed by atoms with Gasteiger partial charge in [0.15, 0.2) is 0 Å².